The molecule has 15 heavy (non-hydrogen) atoms. The molecule has 0 aromatic heterocycles. The van der Waals surface area contributed by atoms with Crippen molar-refractivity contribution in [1.82, 2.24) is 5.32 Å². The first kappa shape index (κ1) is 12.3. The summed E-state index contributed by atoms with van der Waals surface area (Å²) in [5.41, 5.74) is 0. The predicted molar refractivity (Wildman–Crippen MR) is 67.4 cm³/mol. The van der Waals surface area contributed by atoms with Crippen LogP contribution in [0.3, 0.4) is 0 Å². The quantitative estimate of drug-likeness (QED) is 0.480. The van der Waals surface area contributed by atoms with Gasteiger partial charge in [0.05, 0.1) is 12.4 Å². The van der Waals surface area contributed by atoms with Gasteiger partial charge >= 0.3 is 0 Å². The van der Waals surface area contributed by atoms with Crippen molar-refractivity contribution in [3.63, 3.8) is 0 Å². The average molecular weight is 208 g/mol. The van der Waals surface area contributed by atoms with E-state index in [1.807, 2.05) is 0 Å². The highest BCUT2D eigenvalue weighted by Gasteiger charge is 2.02. The molecule has 1 N–H and O–H groups in total. The van der Waals surface area contributed by atoms with Gasteiger partial charge < -0.3 is 5.32 Å². The number of unbranched alkanes of at least 4 members (excludes halogenated alkanes) is 4. The van der Waals surface area contributed by atoms with E-state index in [2.05, 4.69) is 29.4 Å². The number of hydrogen-bond donors (Lipinski definition) is 1. The van der Waals surface area contributed by atoms with Crippen molar-refractivity contribution in [2.45, 2.75) is 51.9 Å². The van der Waals surface area contributed by atoms with Crippen molar-refractivity contribution in [1.29, 1.82) is 0 Å². The van der Waals surface area contributed by atoms with Crippen LogP contribution < -0.4 is 5.32 Å². The molecule has 1 aliphatic rings. The van der Waals surface area contributed by atoms with Crippen molar-refractivity contribution < 1.29 is 0 Å². The normalized spacial score (nSPS) is 15.7. The number of aliphatic imine (C=N–C) groups is 1. The van der Waals surface area contributed by atoms with Gasteiger partial charge in [-0.15, -0.1) is 0 Å². The molecule has 1 rings (SSSR count). The van der Waals surface area contributed by atoms with Crippen LogP contribution in [0.15, 0.2) is 17.1 Å². The molecule has 0 aliphatic carbocycles. The zero-order valence-corrected chi connectivity index (χ0v) is 9.97. The average Bonchev–Trinajstić information content (AvgIpc) is 2.75. The summed E-state index contributed by atoms with van der Waals surface area (Å²) >= 11 is 0. The Morgan fingerprint density at radius 2 is 2.00 bits per heavy atom. The number of rotatable bonds is 8. The monoisotopic (exact) mass is 208 g/mol. The van der Waals surface area contributed by atoms with E-state index in [9.17, 15) is 0 Å². The third kappa shape index (κ3) is 6.32. The summed E-state index contributed by atoms with van der Waals surface area (Å²) in [6.45, 7) is 4.27. The zero-order chi connectivity index (χ0) is 10.8. The topological polar surface area (TPSA) is 24.4 Å². The number of nitrogens with zero attached hydrogens (tertiary/aromatic N) is 1. The Labute approximate surface area is 93.9 Å². The lowest BCUT2D eigenvalue weighted by Crippen LogP contribution is -2.17. The molecule has 0 unspecified atom stereocenters. The molecule has 1 heterocycles. The van der Waals surface area contributed by atoms with E-state index in [4.69, 9.17) is 0 Å². The molecule has 1 aliphatic heterocycles. The highest BCUT2D eigenvalue weighted by molar-refractivity contribution is 5.83. The lowest BCUT2D eigenvalue weighted by atomic mass is 10.1. The van der Waals surface area contributed by atoms with E-state index in [0.717, 1.165) is 19.5 Å². The summed E-state index contributed by atoms with van der Waals surface area (Å²) in [5, 5.41) is 3.31. The SMILES string of the molecule is CCCC/C=C/CCCCC1=NCCN1. The maximum absolute atomic E-state index is 4.38. The summed E-state index contributed by atoms with van der Waals surface area (Å²) in [6, 6.07) is 0. The molecule has 0 atom stereocenters. The Kier molecular flexibility index (Phi) is 6.97. The van der Waals surface area contributed by atoms with Gasteiger partial charge in [0.25, 0.3) is 0 Å². The second kappa shape index (κ2) is 8.51. The molecule has 86 valence electrons. The van der Waals surface area contributed by atoms with Gasteiger partial charge in [0, 0.05) is 13.0 Å². The highest BCUT2D eigenvalue weighted by Crippen LogP contribution is 2.04. The summed E-state index contributed by atoms with van der Waals surface area (Å²) in [4.78, 5) is 4.38. The second-order valence-electron chi connectivity index (χ2n) is 4.11. The number of amidine groups is 1. The maximum Gasteiger partial charge on any atom is 0.0964 e. The fourth-order valence-corrected chi connectivity index (χ4v) is 1.73. The van der Waals surface area contributed by atoms with Gasteiger partial charge in [0.15, 0.2) is 0 Å². The fourth-order valence-electron chi connectivity index (χ4n) is 1.73. The first-order chi connectivity index (χ1) is 7.43. The van der Waals surface area contributed by atoms with E-state index in [0.29, 0.717) is 0 Å². The van der Waals surface area contributed by atoms with Crippen LogP contribution in [0.5, 0.6) is 0 Å². The van der Waals surface area contributed by atoms with E-state index < -0.39 is 0 Å². The van der Waals surface area contributed by atoms with Crippen LogP contribution in [0.4, 0.5) is 0 Å². The van der Waals surface area contributed by atoms with Crippen LogP contribution >= 0.6 is 0 Å². The van der Waals surface area contributed by atoms with Gasteiger partial charge in [0.1, 0.15) is 0 Å². The Bertz CT molecular complexity index is 207. The third-order valence-corrected chi connectivity index (χ3v) is 2.67. The summed E-state index contributed by atoms with van der Waals surface area (Å²) in [7, 11) is 0. The van der Waals surface area contributed by atoms with Crippen LogP contribution in [0.2, 0.25) is 0 Å². The van der Waals surface area contributed by atoms with Gasteiger partial charge in [-0.1, -0.05) is 31.9 Å². The zero-order valence-electron chi connectivity index (χ0n) is 9.97. The Hall–Kier alpha value is -0.790. The minimum atomic E-state index is 0.978. The van der Waals surface area contributed by atoms with Crippen molar-refractivity contribution in [3.8, 4) is 0 Å². The minimum absolute atomic E-state index is 0.978. The molecule has 2 nitrogen and oxygen atoms in total. The van der Waals surface area contributed by atoms with Gasteiger partial charge in [-0.05, 0) is 25.7 Å². The molecule has 0 amide bonds. The summed E-state index contributed by atoms with van der Waals surface area (Å²) in [5.74, 6) is 1.23. The summed E-state index contributed by atoms with van der Waals surface area (Å²) < 4.78 is 0. The van der Waals surface area contributed by atoms with E-state index in [1.54, 1.807) is 0 Å². The molecule has 0 saturated heterocycles. The van der Waals surface area contributed by atoms with E-state index >= 15 is 0 Å². The lowest BCUT2D eigenvalue weighted by molar-refractivity contribution is 0.761. The second-order valence-corrected chi connectivity index (χ2v) is 4.11. The Morgan fingerprint density at radius 3 is 2.67 bits per heavy atom. The van der Waals surface area contributed by atoms with Crippen LogP contribution in [0.25, 0.3) is 0 Å². The van der Waals surface area contributed by atoms with E-state index in [-0.39, 0.29) is 0 Å². The molecule has 0 spiro atoms. The molecule has 0 bridgehead atoms. The molecule has 0 saturated carbocycles. The van der Waals surface area contributed by atoms with Crippen molar-refractivity contribution >= 4 is 5.84 Å². The molecular weight excluding hydrogens is 184 g/mol. The van der Waals surface area contributed by atoms with Crippen molar-refractivity contribution in [2.24, 2.45) is 4.99 Å². The van der Waals surface area contributed by atoms with E-state index in [1.165, 1.54) is 44.4 Å². The van der Waals surface area contributed by atoms with Gasteiger partial charge in [-0.25, -0.2) is 0 Å². The number of hydrogen-bond acceptors (Lipinski definition) is 2. The van der Waals surface area contributed by atoms with Crippen LogP contribution in [-0.4, -0.2) is 18.9 Å². The largest absolute Gasteiger partial charge is 0.372 e. The van der Waals surface area contributed by atoms with Gasteiger partial charge in [-0.2, -0.15) is 0 Å². The molecule has 0 radical (unpaired) electrons. The minimum Gasteiger partial charge on any atom is -0.372 e. The standard InChI is InChI=1S/C13H24N2/c1-2-3-4-5-6-7-8-9-10-13-14-11-12-15-13/h5-6H,2-4,7-12H2,1H3,(H,14,15)/b6-5+. The highest BCUT2D eigenvalue weighted by atomic mass is 15.1. The lowest BCUT2D eigenvalue weighted by Gasteiger charge is -2.00. The van der Waals surface area contributed by atoms with Gasteiger partial charge in [-0.3, -0.25) is 4.99 Å². The molecule has 0 aromatic carbocycles. The molecular formula is C13H24N2. The predicted octanol–water partition coefficient (Wildman–Crippen LogP) is 3.29. The summed E-state index contributed by atoms with van der Waals surface area (Å²) in [6.07, 6.45) is 13.5. The fraction of sp³-hybridized carbons (Fsp3) is 0.769. The Morgan fingerprint density at radius 1 is 1.20 bits per heavy atom. The first-order valence-electron chi connectivity index (χ1n) is 6.35. The number of allylic oxidation sites excluding steroid dienone is 2. The van der Waals surface area contributed by atoms with Crippen LogP contribution in [0.1, 0.15) is 51.9 Å². The van der Waals surface area contributed by atoms with Crippen LogP contribution in [0, 0.1) is 0 Å². The Balaban J connectivity index is 1.86. The van der Waals surface area contributed by atoms with Crippen LogP contribution in [-0.2, 0) is 0 Å². The third-order valence-electron chi connectivity index (χ3n) is 2.67. The van der Waals surface area contributed by atoms with Crippen molar-refractivity contribution in [3.05, 3.63) is 12.2 Å². The molecule has 0 aromatic rings. The maximum atomic E-state index is 4.38. The van der Waals surface area contributed by atoms with Crippen molar-refractivity contribution in [2.75, 3.05) is 13.1 Å². The first-order valence-corrected chi connectivity index (χ1v) is 6.35. The smallest absolute Gasteiger partial charge is 0.0964 e. The molecule has 0 fully saturated rings. The number of nitrogens with one attached hydrogen (secondary N) is 1. The van der Waals surface area contributed by atoms with Gasteiger partial charge in [0.2, 0.25) is 0 Å². The molecule has 2 heteroatoms.